The van der Waals surface area contributed by atoms with E-state index >= 15 is 0 Å². The van der Waals surface area contributed by atoms with E-state index in [1.165, 1.54) is 31.3 Å². The minimum absolute atomic E-state index is 0.0269. The third-order valence-electron chi connectivity index (χ3n) is 6.55. The number of hydrogen-bond donors (Lipinski definition) is 1. The van der Waals surface area contributed by atoms with Crippen molar-refractivity contribution in [2.75, 3.05) is 25.1 Å². The Kier molecular flexibility index (Phi) is 10.0. The number of aryl methyl sites for hydroxylation is 1. The third-order valence-corrected chi connectivity index (χ3v) is 8.32. The fraction of sp³-hybridized carbons (Fsp3) is 0.355. The van der Waals surface area contributed by atoms with Crippen LogP contribution >= 0.6 is 0 Å². The topological polar surface area (TPSA) is 105 Å². The maximum absolute atomic E-state index is 14.1. The number of benzene rings is 3. The summed E-state index contributed by atoms with van der Waals surface area (Å²) >= 11 is 0. The van der Waals surface area contributed by atoms with Crippen LogP contribution in [0.5, 0.6) is 11.5 Å². The summed E-state index contributed by atoms with van der Waals surface area (Å²) in [5.74, 6) is -0.123. The number of nitrogens with one attached hydrogen (secondary N) is 1. The summed E-state index contributed by atoms with van der Waals surface area (Å²) in [7, 11) is -1.32. The van der Waals surface area contributed by atoms with Gasteiger partial charge in [0.2, 0.25) is 11.8 Å². The molecule has 0 aliphatic heterocycles. The molecular formula is C31H39N3O6S. The number of carbonyl (C=O) groups excluding carboxylic acids is 2. The van der Waals surface area contributed by atoms with Crippen molar-refractivity contribution in [3.63, 3.8) is 0 Å². The molecule has 9 nitrogen and oxygen atoms in total. The van der Waals surface area contributed by atoms with Gasteiger partial charge >= 0.3 is 0 Å². The average Bonchev–Trinajstić information content (AvgIpc) is 2.94. The molecule has 0 heterocycles. The third kappa shape index (κ3) is 7.79. The number of hydrogen-bond acceptors (Lipinski definition) is 6. The molecule has 2 amide bonds. The average molecular weight is 582 g/mol. The summed E-state index contributed by atoms with van der Waals surface area (Å²) in [6, 6.07) is 19.2. The van der Waals surface area contributed by atoms with Gasteiger partial charge in [-0.05, 0) is 82.1 Å². The predicted molar refractivity (Wildman–Crippen MR) is 160 cm³/mol. The van der Waals surface area contributed by atoms with Gasteiger partial charge in [0.1, 0.15) is 24.1 Å². The Balaban J connectivity index is 2.09. The molecule has 1 N–H and O–H groups in total. The number of amides is 2. The van der Waals surface area contributed by atoms with E-state index < -0.39 is 34.1 Å². The van der Waals surface area contributed by atoms with Crippen molar-refractivity contribution in [1.29, 1.82) is 0 Å². The van der Waals surface area contributed by atoms with Gasteiger partial charge in [0.15, 0.2) is 0 Å². The zero-order valence-corrected chi connectivity index (χ0v) is 25.5. The molecule has 0 aromatic heterocycles. The minimum atomic E-state index is -4.25. The zero-order valence-electron chi connectivity index (χ0n) is 24.7. The Morgan fingerprint density at radius 2 is 1.51 bits per heavy atom. The lowest BCUT2D eigenvalue weighted by molar-refractivity contribution is -0.140. The molecule has 0 radical (unpaired) electrons. The van der Waals surface area contributed by atoms with Crippen molar-refractivity contribution in [1.82, 2.24) is 10.2 Å². The Morgan fingerprint density at radius 1 is 0.902 bits per heavy atom. The van der Waals surface area contributed by atoms with Crippen LogP contribution in [0, 0.1) is 6.92 Å². The van der Waals surface area contributed by atoms with Gasteiger partial charge in [-0.25, -0.2) is 8.42 Å². The second-order valence-electron chi connectivity index (χ2n) is 10.7. The summed E-state index contributed by atoms with van der Waals surface area (Å²) in [5, 5.41) is 2.93. The molecule has 3 aromatic carbocycles. The van der Waals surface area contributed by atoms with E-state index in [-0.39, 0.29) is 28.8 Å². The molecule has 3 aromatic rings. The van der Waals surface area contributed by atoms with E-state index in [4.69, 9.17) is 9.47 Å². The molecule has 220 valence electrons. The first kappa shape index (κ1) is 31.5. The molecule has 41 heavy (non-hydrogen) atoms. The van der Waals surface area contributed by atoms with Crippen molar-refractivity contribution < 1.29 is 27.5 Å². The summed E-state index contributed by atoms with van der Waals surface area (Å²) in [5.41, 5.74) is 1.46. The van der Waals surface area contributed by atoms with E-state index in [2.05, 4.69) is 5.32 Å². The second kappa shape index (κ2) is 13.1. The Morgan fingerprint density at radius 3 is 2.10 bits per heavy atom. The fourth-order valence-corrected chi connectivity index (χ4v) is 5.68. The van der Waals surface area contributed by atoms with Crippen LogP contribution in [0.25, 0.3) is 0 Å². The van der Waals surface area contributed by atoms with Crippen molar-refractivity contribution >= 4 is 27.5 Å². The van der Waals surface area contributed by atoms with Crippen molar-refractivity contribution in [2.45, 2.75) is 57.6 Å². The molecule has 0 aliphatic rings. The first-order valence-electron chi connectivity index (χ1n) is 13.2. The van der Waals surface area contributed by atoms with Gasteiger partial charge in [0, 0.05) is 12.1 Å². The normalized spacial score (nSPS) is 12.3. The number of nitrogens with zero attached hydrogens (tertiary/aromatic N) is 2. The minimum Gasteiger partial charge on any atom is -0.497 e. The highest BCUT2D eigenvalue weighted by Gasteiger charge is 2.34. The van der Waals surface area contributed by atoms with E-state index in [0.29, 0.717) is 5.75 Å². The maximum atomic E-state index is 14.1. The SMILES string of the molecule is COc1ccc(S(=O)(=O)N(CC(=O)N(Cc2ccccc2C)C(C)C(=O)NC(C)(C)C)c2ccccc2OC)cc1. The molecule has 1 atom stereocenters. The van der Waals surface area contributed by atoms with Crippen LogP contribution in [-0.2, 0) is 26.2 Å². The molecule has 3 rings (SSSR count). The lowest BCUT2D eigenvalue weighted by Crippen LogP contribution is -2.54. The Hall–Kier alpha value is -4.05. The quantitative estimate of drug-likeness (QED) is 0.357. The largest absolute Gasteiger partial charge is 0.497 e. The van der Waals surface area contributed by atoms with Gasteiger partial charge in [-0.1, -0.05) is 36.4 Å². The van der Waals surface area contributed by atoms with Crippen molar-refractivity contribution in [3.05, 3.63) is 83.9 Å². The number of rotatable bonds is 11. The van der Waals surface area contributed by atoms with Crippen LogP contribution in [0.4, 0.5) is 5.69 Å². The lowest BCUT2D eigenvalue weighted by atomic mass is 10.1. The molecular weight excluding hydrogens is 542 g/mol. The van der Waals surface area contributed by atoms with Crippen molar-refractivity contribution in [3.8, 4) is 11.5 Å². The van der Waals surface area contributed by atoms with Crippen LogP contribution < -0.4 is 19.1 Å². The standard InChI is InChI=1S/C31H39N3O6S/c1-22-12-8-9-13-24(22)20-33(23(2)30(36)32-31(3,4)5)29(35)21-34(27-14-10-11-15-28(27)40-7)41(37,38)26-18-16-25(39-6)17-19-26/h8-19,23H,20-21H2,1-7H3,(H,32,36). The zero-order chi connectivity index (χ0) is 30.4. The first-order valence-corrected chi connectivity index (χ1v) is 14.7. The van der Waals surface area contributed by atoms with Gasteiger partial charge in [0.05, 0.1) is 24.8 Å². The number of sulfonamides is 1. The lowest BCUT2D eigenvalue weighted by Gasteiger charge is -2.34. The summed E-state index contributed by atoms with van der Waals surface area (Å²) in [4.78, 5) is 28.7. The van der Waals surface area contributed by atoms with Gasteiger partial charge in [-0.3, -0.25) is 13.9 Å². The molecule has 0 fully saturated rings. The van der Waals surface area contributed by atoms with E-state index in [9.17, 15) is 18.0 Å². The monoisotopic (exact) mass is 581 g/mol. The van der Waals surface area contributed by atoms with Gasteiger partial charge < -0.3 is 19.7 Å². The summed E-state index contributed by atoms with van der Waals surface area (Å²) in [6.45, 7) is 8.69. The number of anilines is 1. The molecule has 0 aliphatic carbocycles. The Bertz CT molecular complexity index is 1470. The highest BCUT2D eigenvalue weighted by Crippen LogP contribution is 2.33. The number of para-hydroxylation sites is 2. The molecule has 0 bridgehead atoms. The van der Waals surface area contributed by atoms with E-state index in [1.54, 1.807) is 43.3 Å². The molecule has 10 heteroatoms. The summed E-state index contributed by atoms with van der Waals surface area (Å²) < 4.78 is 39.8. The fourth-order valence-electron chi connectivity index (χ4n) is 4.25. The molecule has 0 spiro atoms. The summed E-state index contributed by atoms with van der Waals surface area (Å²) in [6.07, 6.45) is 0. The Labute approximate surface area is 243 Å². The highest BCUT2D eigenvalue weighted by atomic mass is 32.2. The van der Waals surface area contributed by atoms with Crippen LogP contribution in [0.1, 0.15) is 38.8 Å². The number of carbonyl (C=O) groups is 2. The number of ether oxygens (including phenoxy) is 2. The van der Waals surface area contributed by atoms with Crippen LogP contribution in [-0.4, -0.2) is 57.5 Å². The van der Waals surface area contributed by atoms with Crippen LogP contribution in [0.2, 0.25) is 0 Å². The van der Waals surface area contributed by atoms with E-state index in [0.717, 1.165) is 15.4 Å². The molecule has 1 unspecified atom stereocenters. The highest BCUT2D eigenvalue weighted by molar-refractivity contribution is 7.92. The second-order valence-corrected chi connectivity index (χ2v) is 12.6. The van der Waals surface area contributed by atoms with Crippen LogP contribution in [0.15, 0.2) is 77.7 Å². The molecule has 0 saturated heterocycles. The number of methoxy groups -OCH3 is 2. The van der Waals surface area contributed by atoms with Gasteiger partial charge in [-0.15, -0.1) is 0 Å². The first-order chi connectivity index (χ1) is 19.3. The predicted octanol–water partition coefficient (Wildman–Crippen LogP) is 4.54. The van der Waals surface area contributed by atoms with E-state index in [1.807, 2.05) is 52.0 Å². The van der Waals surface area contributed by atoms with Crippen molar-refractivity contribution in [2.24, 2.45) is 0 Å². The molecule has 0 saturated carbocycles. The van der Waals surface area contributed by atoms with Gasteiger partial charge in [-0.2, -0.15) is 0 Å². The maximum Gasteiger partial charge on any atom is 0.264 e. The van der Waals surface area contributed by atoms with Crippen LogP contribution in [0.3, 0.4) is 0 Å². The smallest absolute Gasteiger partial charge is 0.264 e. The van der Waals surface area contributed by atoms with Gasteiger partial charge in [0.25, 0.3) is 10.0 Å².